The number of para-hydroxylation sites is 2. The molecule has 4 heteroatoms. The van der Waals surface area contributed by atoms with Gasteiger partial charge in [0.15, 0.2) is 0 Å². The smallest absolute Gasteiger partial charge is 0.122 e. The molecule has 2 aromatic carbocycles. The fourth-order valence-electron chi connectivity index (χ4n) is 2.18. The lowest BCUT2D eigenvalue weighted by Crippen LogP contribution is -2.33. The minimum absolute atomic E-state index is 0.163. The molecule has 0 fully saturated rings. The summed E-state index contributed by atoms with van der Waals surface area (Å²) in [7, 11) is 0. The molecule has 0 atom stereocenters. The molecular weight excluding hydrogens is 276 g/mol. The second-order valence-electron chi connectivity index (χ2n) is 5.07. The molecule has 0 unspecified atom stereocenters. The Morgan fingerprint density at radius 3 is 1.77 bits per heavy atom. The highest BCUT2D eigenvalue weighted by Crippen LogP contribution is 2.25. The van der Waals surface area contributed by atoms with Gasteiger partial charge in [0.05, 0.1) is 6.17 Å². The number of rotatable bonds is 4. The Morgan fingerprint density at radius 1 is 0.864 bits per heavy atom. The van der Waals surface area contributed by atoms with Gasteiger partial charge in [-0.25, -0.2) is 0 Å². The Bertz CT molecular complexity index is 719. The van der Waals surface area contributed by atoms with Gasteiger partial charge in [-0.2, -0.15) is 0 Å². The fraction of sp³-hybridized carbons (Fsp3) is 0.111. The summed E-state index contributed by atoms with van der Waals surface area (Å²) in [5, 5.41) is 19.7. The first-order valence-electron chi connectivity index (χ1n) is 6.96. The van der Waals surface area contributed by atoms with Crippen LogP contribution in [0.5, 0.6) is 11.5 Å². The number of benzene rings is 2. The van der Waals surface area contributed by atoms with Crippen LogP contribution in [0.3, 0.4) is 0 Å². The van der Waals surface area contributed by atoms with Gasteiger partial charge in [-0.1, -0.05) is 36.4 Å². The second kappa shape index (κ2) is 6.93. The van der Waals surface area contributed by atoms with Crippen LogP contribution >= 0.6 is 0 Å². The standard InChI is InChI=1S/C18H20N2O2/c1-12(10-13-6-2-4-8-16(13)21)15(18(19)20)11-14-7-3-5-9-17(14)22/h2-11,18,21-22H,19-20H2,1H3. The van der Waals surface area contributed by atoms with Crippen LogP contribution in [0.1, 0.15) is 18.1 Å². The third kappa shape index (κ3) is 3.75. The fourth-order valence-corrected chi connectivity index (χ4v) is 2.18. The van der Waals surface area contributed by atoms with Gasteiger partial charge in [0.25, 0.3) is 0 Å². The molecule has 0 aliphatic heterocycles. The molecule has 0 saturated carbocycles. The van der Waals surface area contributed by atoms with Crippen molar-refractivity contribution in [1.82, 2.24) is 0 Å². The van der Waals surface area contributed by atoms with Crippen LogP contribution in [-0.2, 0) is 0 Å². The van der Waals surface area contributed by atoms with E-state index < -0.39 is 6.17 Å². The number of phenolic OH excluding ortho intramolecular Hbond substituents is 2. The van der Waals surface area contributed by atoms with Crippen LogP contribution in [0.25, 0.3) is 12.2 Å². The summed E-state index contributed by atoms with van der Waals surface area (Å²) >= 11 is 0. The maximum atomic E-state index is 9.87. The van der Waals surface area contributed by atoms with Crippen molar-refractivity contribution in [3.8, 4) is 11.5 Å². The van der Waals surface area contributed by atoms with E-state index >= 15 is 0 Å². The molecule has 2 aromatic rings. The van der Waals surface area contributed by atoms with Gasteiger partial charge in [0.1, 0.15) is 11.5 Å². The van der Waals surface area contributed by atoms with Crippen molar-refractivity contribution in [2.45, 2.75) is 13.1 Å². The summed E-state index contributed by atoms with van der Waals surface area (Å²) in [6.45, 7) is 1.87. The summed E-state index contributed by atoms with van der Waals surface area (Å²) < 4.78 is 0. The summed E-state index contributed by atoms with van der Waals surface area (Å²) in [5.74, 6) is 0.352. The lowest BCUT2D eigenvalue weighted by molar-refractivity contribution is 0.473. The maximum absolute atomic E-state index is 9.87. The topological polar surface area (TPSA) is 92.5 Å². The van der Waals surface area contributed by atoms with Gasteiger partial charge in [-0.3, -0.25) is 0 Å². The first kappa shape index (κ1) is 15.8. The highest BCUT2D eigenvalue weighted by Gasteiger charge is 2.09. The van der Waals surface area contributed by atoms with Crippen LogP contribution in [0.15, 0.2) is 59.7 Å². The summed E-state index contributed by atoms with van der Waals surface area (Å²) in [5.41, 5.74) is 14.5. The number of hydrogen-bond acceptors (Lipinski definition) is 4. The van der Waals surface area contributed by atoms with Gasteiger partial charge < -0.3 is 21.7 Å². The summed E-state index contributed by atoms with van der Waals surface area (Å²) in [4.78, 5) is 0. The molecule has 0 amide bonds. The zero-order chi connectivity index (χ0) is 16.1. The minimum atomic E-state index is -0.693. The maximum Gasteiger partial charge on any atom is 0.122 e. The number of aromatic hydroxyl groups is 2. The Labute approximate surface area is 130 Å². The molecule has 0 spiro atoms. The molecule has 2 rings (SSSR count). The average Bonchev–Trinajstić information content (AvgIpc) is 2.48. The monoisotopic (exact) mass is 296 g/mol. The zero-order valence-corrected chi connectivity index (χ0v) is 12.4. The van der Waals surface area contributed by atoms with Crippen LogP contribution in [0, 0.1) is 0 Å². The van der Waals surface area contributed by atoms with E-state index in [1.165, 1.54) is 0 Å². The van der Waals surface area contributed by atoms with Crippen LogP contribution in [-0.4, -0.2) is 16.4 Å². The molecule has 114 valence electrons. The predicted octanol–water partition coefficient (Wildman–Crippen LogP) is 2.83. The van der Waals surface area contributed by atoms with Crippen LogP contribution in [0.4, 0.5) is 0 Å². The van der Waals surface area contributed by atoms with Crippen molar-refractivity contribution in [2.24, 2.45) is 11.5 Å². The van der Waals surface area contributed by atoms with Crippen LogP contribution < -0.4 is 11.5 Å². The normalized spacial score (nSPS) is 12.7. The summed E-state index contributed by atoms with van der Waals surface area (Å²) in [6.07, 6.45) is 2.88. The largest absolute Gasteiger partial charge is 0.507 e. The molecule has 0 saturated heterocycles. The molecule has 0 bridgehead atoms. The molecule has 0 aromatic heterocycles. The Kier molecular flexibility index (Phi) is 4.99. The minimum Gasteiger partial charge on any atom is -0.507 e. The van der Waals surface area contributed by atoms with E-state index in [0.29, 0.717) is 16.7 Å². The van der Waals surface area contributed by atoms with E-state index in [0.717, 1.165) is 5.57 Å². The Balaban J connectivity index is 2.44. The van der Waals surface area contributed by atoms with Gasteiger partial charge >= 0.3 is 0 Å². The highest BCUT2D eigenvalue weighted by atomic mass is 16.3. The molecule has 0 heterocycles. The summed E-state index contributed by atoms with van der Waals surface area (Å²) in [6, 6.07) is 14.0. The van der Waals surface area contributed by atoms with Gasteiger partial charge in [-0.15, -0.1) is 0 Å². The molecule has 0 aliphatic carbocycles. The average molecular weight is 296 g/mol. The SMILES string of the molecule is CC(=Cc1ccccc1O)C(=Cc1ccccc1O)C(N)N. The molecule has 0 aliphatic rings. The third-order valence-electron chi connectivity index (χ3n) is 3.37. The third-order valence-corrected chi connectivity index (χ3v) is 3.37. The quantitative estimate of drug-likeness (QED) is 0.515. The number of phenols is 2. The van der Waals surface area contributed by atoms with Gasteiger partial charge in [0, 0.05) is 11.1 Å². The van der Waals surface area contributed by atoms with Crippen LogP contribution in [0.2, 0.25) is 0 Å². The number of hydrogen-bond donors (Lipinski definition) is 4. The van der Waals surface area contributed by atoms with E-state index in [4.69, 9.17) is 11.5 Å². The molecule has 22 heavy (non-hydrogen) atoms. The Morgan fingerprint density at radius 2 is 1.32 bits per heavy atom. The second-order valence-corrected chi connectivity index (χ2v) is 5.07. The molecular formula is C18H20N2O2. The van der Waals surface area contributed by atoms with Crippen molar-refractivity contribution >= 4 is 12.2 Å². The van der Waals surface area contributed by atoms with Gasteiger partial charge in [0.2, 0.25) is 0 Å². The number of nitrogens with two attached hydrogens (primary N) is 2. The predicted molar refractivity (Wildman–Crippen MR) is 90.0 cm³/mol. The highest BCUT2D eigenvalue weighted by molar-refractivity contribution is 5.70. The van der Waals surface area contributed by atoms with Gasteiger partial charge in [-0.05, 0) is 42.4 Å². The van der Waals surface area contributed by atoms with Crippen molar-refractivity contribution < 1.29 is 10.2 Å². The van der Waals surface area contributed by atoms with Crippen molar-refractivity contribution in [3.63, 3.8) is 0 Å². The van der Waals surface area contributed by atoms with E-state index in [2.05, 4.69) is 0 Å². The first-order valence-corrected chi connectivity index (χ1v) is 6.96. The van der Waals surface area contributed by atoms with Crippen molar-refractivity contribution in [3.05, 3.63) is 70.8 Å². The van der Waals surface area contributed by atoms with E-state index in [1.807, 2.05) is 25.1 Å². The lowest BCUT2D eigenvalue weighted by atomic mass is 9.99. The van der Waals surface area contributed by atoms with Crippen molar-refractivity contribution in [2.75, 3.05) is 0 Å². The molecule has 0 radical (unpaired) electrons. The zero-order valence-electron chi connectivity index (χ0n) is 12.4. The van der Waals surface area contributed by atoms with E-state index in [9.17, 15) is 10.2 Å². The molecule has 6 N–H and O–H groups in total. The first-order chi connectivity index (χ1) is 10.5. The lowest BCUT2D eigenvalue weighted by Gasteiger charge is -2.13. The van der Waals surface area contributed by atoms with E-state index in [1.54, 1.807) is 42.5 Å². The van der Waals surface area contributed by atoms with E-state index in [-0.39, 0.29) is 11.5 Å². The van der Waals surface area contributed by atoms with Crippen molar-refractivity contribution in [1.29, 1.82) is 0 Å². The Hall–Kier alpha value is -2.56. The molecule has 4 nitrogen and oxygen atoms in total.